The Bertz CT molecular complexity index is 349. The summed E-state index contributed by atoms with van der Waals surface area (Å²) < 4.78 is 0. The van der Waals surface area contributed by atoms with Crippen LogP contribution in [0.15, 0.2) is 24.3 Å². The van der Waals surface area contributed by atoms with Gasteiger partial charge >= 0.3 is 6.03 Å². The fraction of sp³-hybridized carbons (Fsp3) is 0.417. The number of benzene rings is 1. The molecule has 1 unspecified atom stereocenters. The lowest BCUT2D eigenvalue weighted by Gasteiger charge is -2.13. The normalized spacial score (nSPS) is 12.0. The van der Waals surface area contributed by atoms with Gasteiger partial charge in [0, 0.05) is 25.7 Å². The van der Waals surface area contributed by atoms with Gasteiger partial charge in [-0.15, -0.1) is 11.6 Å². The average molecular weight is 241 g/mol. The molecule has 1 aromatic carbocycles. The molecule has 0 spiro atoms. The van der Waals surface area contributed by atoms with Crippen molar-refractivity contribution in [2.75, 3.05) is 25.3 Å². The van der Waals surface area contributed by atoms with Crippen LogP contribution in [0.3, 0.4) is 0 Å². The van der Waals surface area contributed by atoms with Crippen molar-refractivity contribution in [1.29, 1.82) is 0 Å². The van der Waals surface area contributed by atoms with E-state index in [0.29, 0.717) is 11.8 Å². The van der Waals surface area contributed by atoms with Crippen LogP contribution in [0.1, 0.15) is 18.4 Å². The number of rotatable bonds is 3. The van der Waals surface area contributed by atoms with E-state index in [1.165, 1.54) is 10.5 Å². The lowest BCUT2D eigenvalue weighted by molar-refractivity contribution is 0.230. The fourth-order valence-corrected chi connectivity index (χ4v) is 1.40. The van der Waals surface area contributed by atoms with Crippen molar-refractivity contribution >= 4 is 23.3 Å². The van der Waals surface area contributed by atoms with E-state index >= 15 is 0 Å². The molecule has 0 saturated carbocycles. The van der Waals surface area contributed by atoms with Crippen LogP contribution < -0.4 is 5.32 Å². The van der Waals surface area contributed by atoms with E-state index in [4.69, 9.17) is 11.6 Å². The second kappa shape index (κ2) is 5.75. The number of carbonyl (C=O) groups excluding carboxylic acids is 1. The highest BCUT2D eigenvalue weighted by atomic mass is 35.5. The first-order chi connectivity index (χ1) is 7.54. The third-order valence-corrected chi connectivity index (χ3v) is 2.83. The van der Waals surface area contributed by atoms with E-state index < -0.39 is 0 Å². The van der Waals surface area contributed by atoms with Crippen LogP contribution in [-0.2, 0) is 0 Å². The van der Waals surface area contributed by atoms with Gasteiger partial charge in [0.25, 0.3) is 0 Å². The van der Waals surface area contributed by atoms with Gasteiger partial charge in [-0.3, -0.25) is 0 Å². The second-order valence-corrected chi connectivity index (χ2v) is 4.31. The molecular weight excluding hydrogens is 224 g/mol. The van der Waals surface area contributed by atoms with E-state index in [0.717, 1.165) is 5.69 Å². The van der Waals surface area contributed by atoms with Crippen LogP contribution >= 0.6 is 11.6 Å². The first-order valence-corrected chi connectivity index (χ1v) is 5.72. The van der Waals surface area contributed by atoms with Gasteiger partial charge < -0.3 is 10.2 Å². The molecule has 1 atom stereocenters. The topological polar surface area (TPSA) is 32.3 Å². The maximum Gasteiger partial charge on any atom is 0.321 e. The van der Waals surface area contributed by atoms with Crippen molar-refractivity contribution in [1.82, 2.24) is 4.90 Å². The zero-order chi connectivity index (χ0) is 12.1. The SMILES string of the molecule is CC(CCl)c1ccc(NC(=O)N(C)C)cc1. The lowest BCUT2D eigenvalue weighted by Crippen LogP contribution is -2.27. The molecule has 0 heterocycles. The maximum absolute atomic E-state index is 11.4. The van der Waals surface area contributed by atoms with Crippen LogP contribution in [0.2, 0.25) is 0 Å². The summed E-state index contributed by atoms with van der Waals surface area (Å²) >= 11 is 5.78. The van der Waals surface area contributed by atoms with Gasteiger partial charge in [0.05, 0.1) is 0 Å². The fourth-order valence-electron chi connectivity index (χ4n) is 1.22. The monoisotopic (exact) mass is 240 g/mol. The zero-order valence-electron chi connectivity index (χ0n) is 9.83. The number of halogens is 1. The van der Waals surface area contributed by atoms with E-state index in [2.05, 4.69) is 12.2 Å². The molecule has 88 valence electrons. The Kier molecular flexibility index (Phi) is 4.62. The minimum Gasteiger partial charge on any atom is -0.331 e. The van der Waals surface area contributed by atoms with Crippen LogP contribution in [0.5, 0.6) is 0 Å². The molecule has 4 heteroatoms. The highest BCUT2D eigenvalue weighted by Gasteiger charge is 2.06. The van der Waals surface area contributed by atoms with Crippen LogP contribution in [-0.4, -0.2) is 30.9 Å². The van der Waals surface area contributed by atoms with E-state index in [1.807, 2.05) is 24.3 Å². The van der Waals surface area contributed by atoms with Gasteiger partial charge in [-0.05, 0) is 23.6 Å². The summed E-state index contributed by atoms with van der Waals surface area (Å²) in [7, 11) is 3.42. The minimum absolute atomic E-state index is 0.127. The lowest BCUT2D eigenvalue weighted by atomic mass is 10.0. The number of anilines is 1. The summed E-state index contributed by atoms with van der Waals surface area (Å²) in [5.41, 5.74) is 1.97. The molecule has 1 N–H and O–H groups in total. The Balaban J connectivity index is 2.68. The highest BCUT2D eigenvalue weighted by molar-refractivity contribution is 6.18. The summed E-state index contributed by atoms with van der Waals surface area (Å²) in [5.74, 6) is 0.934. The predicted octanol–water partition coefficient (Wildman–Crippen LogP) is 3.12. The van der Waals surface area contributed by atoms with Crippen molar-refractivity contribution in [2.24, 2.45) is 0 Å². The molecule has 1 aromatic rings. The first kappa shape index (κ1) is 12.8. The smallest absolute Gasteiger partial charge is 0.321 e. The van der Waals surface area contributed by atoms with Crippen molar-refractivity contribution < 1.29 is 4.79 Å². The van der Waals surface area contributed by atoms with E-state index in [1.54, 1.807) is 14.1 Å². The van der Waals surface area contributed by atoms with Gasteiger partial charge in [0.2, 0.25) is 0 Å². The Hall–Kier alpha value is -1.22. The number of nitrogens with one attached hydrogen (secondary N) is 1. The Morgan fingerprint density at radius 3 is 2.38 bits per heavy atom. The predicted molar refractivity (Wildman–Crippen MR) is 68.3 cm³/mol. The molecular formula is C12H17ClN2O. The number of nitrogens with zero attached hydrogens (tertiary/aromatic N) is 1. The summed E-state index contributed by atoms with van der Waals surface area (Å²) in [6.45, 7) is 2.07. The van der Waals surface area contributed by atoms with Crippen molar-refractivity contribution in [3.05, 3.63) is 29.8 Å². The quantitative estimate of drug-likeness (QED) is 0.809. The Morgan fingerprint density at radius 1 is 1.38 bits per heavy atom. The summed E-state index contributed by atoms with van der Waals surface area (Å²) in [6, 6.07) is 7.62. The first-order valence-electron chi connectivity index (χ1n) is 5.19. The number of amides is 2. The average Bonchev–Trinajstić information content (AvgIpc) is 2.28. The molecule has 0 aliphatic heterocycles. The molecule has 0 bridgehead atoms. The molecule has 0 aromatic heterocycles. The summed E-state index contributed by atoms with van der Waals surface area (Å²) in [5, 5.41) is 2.78. The van der Waals surface area contributed by atoms with Gasteiger partial charge in [-0.2, -0.15) is 0 Å². The molecule has 1 rings (SSSR count). The summed E-state index contributed by atoms with van der Waals surface area (Å²) in [6.07, 6.45) is 0. The second-order valence-electron chi connectivity index (χ2n) is 4.00. The maximum atomic E-state index is 11.4. The third-order valence-electron chi connectivity index (χ3n) is 2.37. The number of urea groups is 1. The van der Waals surface area contributed by atoms with E-state index in [-0.39, 0.29) is 6.03 Å². The molecule has 0 saturated heterocycles. The Labute approximate surface area is 101 Å². The minimum atomic E-state index is -0.127. The molecule has 0 aliphatic rings. The zero-order valence-corrected chi connectivity index (χ0v) is 10.6. The highest BCUT2D eigenvalue weighted by Crippen LogP contribution is 2.19. The van der Waals surface area contributed by atoms with Crippen molar-refractivity contribution in [3.63, 3.8) is 0 Å². The van der Waals surface area contributed by atoms with Gasteiger partial charge in [-0.25, -0.2) is 4.79 Å². The van der Waals surface area contributed by atoms with Crippen LogP contribution in [0.25, 0.3) is 0 Å². The van der Waals surface area contributed by atoms with Crippen LogP contribution in [0, 0.1) is 0 Å². The molecule has 3 nitrogen and oxygen atoms in total. The third kappa shape index (κ3) is 3.42. The number of alkyl halides is 1. The van der Waals surface area contributed by atoms with Gasteiger partial charge in [0.15, 0.2) is 0 Å². The summed E-state index contributed by atoms with van der Waals surface area (Å²) in [4.78, 5) is 12.9. The Morgan fingerprint density at radius 2 is 1.94 bits per heavy atom. The molecule has 0 radical (unpaired) electrons. The van der Waals surface area contributed by atoms with Gasteiger partial charge in [-0.1, -0.05) is 19.1 Å². The van der Waals surface area contributed by atoms with Crippen molar-refractivity contribution in [2.45, 2.75) is 12.8 Å². The number of hydrogen-bond acceptors (Lipinski definition) is 1. The molecule has 2 amide bonds. The number of hydrogen-bond donors (Lipinski definition) is 1. The largest absolute Gasteiger partial charge is 0.331 e. The molecule has 0 aliphatic carbocycles. The number of carbonyl (C=O) groups is 1. The molecule has 0 fully saturated rings. The van der Waals surface area contributed by atoms with Gasteiger partial charge in [0.1, 0.15) is 0 Å². The standard InChI is InChI=1S/C12H17ClN2O/c1-9(8-13)10-4-6-11(7-5-10)14-12(16)15(2)3/h4-7,9H,8H2,1-3H3,(H,14,16). The van der Waals surface area contributed by atoms with E-state index in [9.17, 15) is 4.79 Å². The van der Waals surface area contributed by atoms with Crippen molar-refractivity contribution in [3.8, 4) is 0 Å². The van der Waals surface area contributed by atoms with Crippen LogP contribution in [0.4, 0.5) is 10.5 Å². The molecule has 16 heavy (non-hydrogen) atoms.